The van der Waals surface area contributed by atoms with Crippen molar-refractivity contribution >= 4 is 17.3 Å². The minimum atomic E-state index is -0.458. The number of hydrogen-bond acceptors (Lipinski definition) is 5. The van der Waals surface area contributed by atoms with Crippen LogP contribution in [0.2, 0.25) is 0 Å². The third kappa shape index (κ3) is 4.62. The van der Waals surface area contributed by atoms with Crippen LogP contribution in [0.15, 0.2) is 17.9 Å². The van der Waals surface area contributed by atoms with Crippen LogP contribution in [-0.2, 0) is 36.6 Å². The Kier molecular flexibility index (Phi) is 6.91. The zero-order valence-corrected chi connectivity index (χ0v) is 18.1. The van der Waals surface area contributed by atoms with Crippen molar-refractivity contribution in [3.63, 3.8) is 0 Å². The number of allylic oxidation sites excluding steroid dienone is 2. The SMILES string of the molecule is CCc1cc(C)cc(CC)c1C1=C(OC(=O)COC)CC2(CCOCC2)CC1=O. The number of carbonyl (C=O) groups excluding carboxylic acids is 2. The summed E-state index contributed by atoms with van der Waals surface area (Å²) in [4.78, 5) is 25.8. The molecule has 1 aliphatic carbocycles. The summed E-state index contributed by atoms with van der Waals surface area (Å²) in [7, 11) is 1.47. The van der Waals surface area contributed by atoms with Crippen molar-refractivity contribution in [3.8, 4) is 0 Å². The molecule has 5 nitrogen and oxygen atoms in total. The van der Waals surface area contributed by atoms with Gasteiger partial charge in [0, 0.05) is 33.2 Å². The molecule has 1 aromatic rings. The molecule has 0 bridgehead atoms. The highest BCUT2D eigenvalue weighted by atomic mass is 16.6. The topological polar surface area (TPSA) is 61.8 Å². The summed E-state index contributed by atoms with van der Waals surface area (Å²) in [5, 5.41) is 0. The van der Waals surface area contributed by atoms with Crippen molar-refractivity contribution in [1.29, 1.82) is 0 Å². The van der Waals surface area contributed by atoms with E-state index < -0.39 is 5.97 Å². The van der Waals surface area contributed by atoms with Gasteiger partial charge in [-0.3, -0.25) is 4.79 Å². The number of benzene rings is 1. The fourth-order valence-electron chi connectivity index (χ4n) is 4.71. The zero-order valence-electron chi connectivity index (χ0n) is 18.1. The molecule has 2 aliphatic rings. The van der Waals surface area contributed by atoms with E-state index in [1.54, 1.807) is 0 Å². The van der Waals surface area contributed by atoms with Gasteiger partial charge in [-0.1, -0.05) is 31.5 Å². The minimum absolute atomic E-state index is 0.0756. The Labute approximate surface area is 173 Å². The summed E-state index contributed by atoms with van der Waals surface area (Å²) in [6, 6.07) is 4.28. The lowest BCUT2D eigenvalue weighted by atomic mass is 9.67. The highest BCUT2D eigenvalue weighted by Crippen LogP contribution is 2.48. The molecular weight excluding hydrogens is 368 g/mol. The first kappa shape index (κ1) is 21.7. The average Bonchev–Trinajstić information content (AvgIpc) is 2.68. The van der Waals surface area contributed by atoms with Gasteiger partial charge < -0.3 is 14.2 Å². The van der Waals surface area contributed by atoms with Gasteiger partial charge in [-0.2, -0.15) is 0 Å². The highest BCUT2D eigenvalue weighted by molar-refractivity contribution is 6.23. The number of esters is 1. The monoisotopic (exact) mass is 400 g/mol. The van der Waals surface area contributed by atoms with Crippen LogP contribution >= 0.6 is 0 Å². The van der Waals surface area contributed by atoms with Crippen molar-refractivity contribution in [3.05, 3.63) is 40.1 Å². The molecule has 1 aliphatic heterocycles. The molecule has 0 atom stereocenters. The number of hydrogen-bond donors (Lipinski definition) is 0. The van der Waals surface area contributed by atoms with E-state index in [4.69, 9.17) is 14.2 Å². The van der Waals surface area contributed by atoms with Crippen molar-refractivity contribution in [2.45, 2.75) is 59.3 Å². The van der Waals surface area contributed by atoms with Gasteiger partial charge >= 0.3 is 5.97 Å². The highest BCUT2D eigenvalue weighted by Gasteiger charge is 2.43. The molecule has 0 aromatic heterocycles. The van der Waals surface area contributed by atoms with Gasteiger partial charge in [-0.25, -0.2) is 4.79 Å². The number of rotatable bonds is 6. The minimum Gasteiger partial charge on any atom is -0.429 e. The van der Waals surface area contributed by atoms with Crippen LogP contribution in [0.4, 0.5) is 0 Å². The molecule has 1 spiro atoms. The number of carbonyl (C=O) groups is 2. The fourth-order valence-corrected chi connectivity index (χ4v) is 4.71. The summed E-state index contributed by atoms with van der Waals surface area (Å²) in [5.41, 5.74) is 4.84. The van der Waals surface area contributed by atoms with Gasteiger partial charge in [0.15, 0.2) is 5.78 Å². The Bertz CT molecular complexity index is 790. The smallest absolute Gasteiger partial charge is 0.337 e. The molecule has 0 saturated carbocycles. The maximum Gasteiger partial charge on any atom is 0.337 e. The molecular formula is C24H32O5. The Hall–Kier alpha value is -1.98. The number of ketones is 1. The second kappa shape index (κ2) is 9.23. The second-order valence-corrected chi connectivity index (χ2v) is 8.26. The summed E-state index contributed by atoms with van der Waals surface area (Å²) in [5.74, 6) is 0.130. The lowest BCUT2D eigenvalue weighted by Gasteiger charge is -2.41. The van der Waals surface area contributed by atoms with Crippen molar-refractivity contribution in [1.82, 2.24) is 0 Å². The van der Waals surface area contributed by atoms with Crippen LogP contribution in [0.5, 0.6) is 0 Å². The fraction of sp³-hybridized carbons (Fsp3) is 0.583. The van der Waals surface area contributed by atoms with E-state index in [1.807, 2.05) is 0 Å². The Morgan fingerprint density at radius 2 is 1.72 bits per heavy atom. The van der Waals surface area contributed by atoms with E-state index in [1.165, 1.54) is 12.7 Å². The van der Waals surface area contributed by atoms with Crippen LogP contribution in [0.3, 0.4) is 0 Å². The summed E-state index contributed by atoms with van der Waals surface area (Å²) < 4.78 is 16.3. The van der Waals surface area contributed by atoms with Gasteiger partial charge in [-0.05, 0) is 54.7 Å². The summed E-state index contributed by atoms with van der Waals surface area (Å²) in [6.07, 6.45) is 4.33. The molecule has 0 amide bonds. The number of aryl methyl sites for hydroxylation is 3. The Balaban J connectivity index is 2.15. The normalized spacial score (nSPS) is 19.0. The van der Waals surface area contributed by atoms with E-state index in [9.17, 15) is 9.59 Å². The number of methoxy groups -OCH3 is 1. The predicted octanol–water partition coefficient (Wildman–Crippen LogP) is 4.18. The quantitative estimate of drug-likeness (QED) is 0.671. The molecule has 0 N–H and O–H groups in total. The van der Waals surface area contributed by atoms with Gasteiger partial charge in [0.25, 0.3) is 0 Å². The maximum absolute atomic E-state index is 13.5. The lowest BCUT2D eigenvalue weighted by Crippen LogP contribution is -2.37. The molecule has 5 heteroatoms. The molecule has 1 fully saturated rings. The van der Waals surface area contributed by atoms with Crippen molar-refractivity contribution in [2.24, 2.45) is 5.41 Å². The van der Waals surface area contributed by atoms with Gasteiger partial charge in [-0.15, -0.1) is 0 Å². The standard InChI is InChI=1S/C24H32O5/c1-5-17-11-16(3)12-18(6-2)22(17)23-19(25)13-24(7-9-28-10-8-24)14-20(23)29-21(26)15-27-4/h11-12H,5-10,13-15H2,1-4H3. The van der Waals surface area contributed by atoms with E-state index in [-0.39, 0.29) is 17.8 Å². The predicted molar refractivity (Wildman–Crippen MR) is 112 cm³/mol. The molecule has 158 valence electrons. The first-order valence-electron chi connectivity index (χ1n) is 10.6. The van der Waals surface area contributed by atoms with Gasteiger partial charge in [0.05, 0.1) is 5.57 Å². The largest absolute Gasteiger partial charge is 0.429 e. The first-order chi connectivity index (χ1) is 13.9. The van der Waals surface area contributed by atoms with Crippen LogP contribution in [0.25, 0.3) is 5.57 Å². The second-order valence-electron chi connectivity index (χ2n) is 8.26. The van der Waals surface area contributed by atoms with Crippen molar-refractivity contribution in [2.75, 3.05) is 26.9 Å². The molecule has 29 heavy (non-hydrogen) atoms. The third-order valence-electron chi connectivity index (χ3n) is 6.14. The van der Waals surface area contributed by atoms with Crippen LogP contribution in [0, 0.1) is 12.3 Å². The van der Waals surface area contributed by atoms with E-state index >= 15 is 0 Å². The molecule has 0 radical (unpaired) electrons. The zero-order chi connectivity index (χ0) is 21.0. The molecule has 3 rings (SSSR count). The summed E-state index contributed by atoms with van der Waals surface area (Å²) >= 11 is 0. The maximum atomic E-state index is 13.5. The molecule has 1 aromatic carbocycles. The van der Waals surface area contributed by atoms with Gasteiger partial charge in [0.1, 0.15) is 12.4 Å². The third-order valence-corrected chi connectivity index (χ3v) is 6.14. The number of ether oxygens (including phenoxy) is 3. The van der Waals surface area contributed by atoms with Crippen LogP contribution in [0.1, 0.15) is 61.8 Å². The lowest BCUT2D eigenvalue weighted by molar-refractivity contribution is -0.144. The summed E-state index contributed by atoms with van der Waals surface area (Å²) in [6.45, 7) is 7.44. The Morgan fingerprint density at radius 3 is 2.28 bits per heavy atom. The van der Waals surface area contributed by atoms with Gasteiger partial charge in [0.2, 0.25) is 0 Å². The van der Waals surface area contributed by atoms with E-state index in [0.717, 1.165) is 42.4 Å². The van der Waals surface area contributed by atoms with Crippen LogP contribution < -0.4 is 0 Å². The first-order valence-corrected chi connectivity index (χ1v) is 10.6. The van der Waals surface area contributed by atoms with Crippen LogP contribution in [-0.4, -0.2) is 38.7 Å². The average molecular weight is 401 g/mol. The Morgan fingerprint density at radius 1 is 1.10 bits per heavy atom. The van der Waals surface area contributed by atoms with Crippen molar-refractivity contribution < 1.29 is 23.8 Å². The molecule has 1 heterocycles. The number of Topliss-reactive ketones (excluding diaryl/α,β-unsaturated/α-hetero) is 1. The molecule has 0 unspecified atom stereocenters. The van der Waals surface area contributed by atoms with E-state index in [2.05, 4.69) is 32.9 Å². The van der Waals surface area contributed by atoms with E-state index in [0.29, 0.717) is 37.4 Å². The molecule has 1 saturated heterocycles.